The fourth-order valence-electron chi connectivity index (χ4n) is 2.82. The van der Waals surface area contributed by atoms with Crippen LogP contribution >= 0.6 is 11.3 Å². The van der Waals surface area contributed by atoms with Crippen LogP contribution in [0.25, 0.3) is 10.2 Å². The first-order valence-electron chi connectivity index (χ1n) is 7.09. The second-order valence-corrected chi connectivity index (χ2v) is 6.29. The van der Waals surface area contributed by atoms with E-state index in [0.29, 0.717) is 0 Å². The topological polar surface area (TPSA) is 54.0 Å². The Morgan fingerprint density at radius 2 is 2.45 bits per heavy atom. The number of benzene rings is 1. The number of anilines is 1. The van der Waals surface area contributed by atoms with E-state index < -0.39 is 0 Å². The summed E-state index contributed by atoms with van der Waals surface area (Å²) < 4.78 is 1.11. The molecule has 20 heavy (non-hydrogen) atoms. The number of hydrogen-bond donors (Lipinski definition) is 2. The summed E-state index contributed by atoms with van der Waals surface area (Å²) in [5, 5.41) is 6.44. The summed E-state index contributed by atoms with van der Waals surface area (Å²) in [5.74, 6) is 0.135. The zero-order valence-corrected chi connectivity index (χ0v) is 12.4. The predicted molar refractivity (Wildman–Crippen MR) is 83.1 cm³/mol. The number of amides is 1. The molecule has 1 saturated heterocycles. The van der Waals surface area contributed by atoms with E-state index in [2.05, 4.69) is 22.5 Å². The minimum Gasteiger partial charge on any atom is -0.326 e. The van der Waals surface area contributed by atoms with Crippen molar-refractivity contribution in [3.05, 3.63) is 23.7 Å². The van der Waals surface area contributed by atoms with Crippen molar-refractivity contribution in [2.75, 3.05) is 18.4 Å². The van der Waals surface area contributed by atoms with Crippen molar-refractivity contribution in [1.29, 1.82) is 0 Å². The van der Waals surface area contributed by atoms with Gasteiger partial charge in [-0.2, -0.15) is 0 Å². The highest BCUT2D eigenvalue weighted by molar-refractivity contribution is 7.16. The first-order chi connectivity index (χ1) is 9.73. The van der Waals surface area contributed by atoms with Gasteiger partial charge in [0, 0.05) is 12.2 Å². The number of fused-ring (bicyclic) bond motifs is 1. The van der Waals surface area contributed by atoms with Crippen LogP contribution in [0, 0.1) is 5.41 Å². The summed E-state index contributed by atoms with van der Waals surface area (Å²) in [6.45, 7) is 3.89. The Kier molecular flexibility index (Phi) is 3.72. The largest absolute Gasteiger partial charge is 0.326 e. The minimum absolute atomic E-state index is 0.135. The zero-order valence-electron chi connectivity index (χ0n) is 11.6. The molecule has 1 fully saturated rings. The van der Waals surface area contributed by atoms with Crippen molar-refractivity contribution < 1.29 is 4.79 Å². The van der Waals surface area contributed by atoms with E-state index >= 15 is 0 Å². The summed E-state index contributed by atoms with van der Waals surface area (Å²) in [7, 11) is 0. The Bertz CT molecular complexity index is 616. The van der Waals surface area contributed by atoms with Gasteiger partial charge >= 0.3 is 0 Å². The maximum Gasteiger partial charge on any atom is 0.231 e. The molecular formula is C15H19N3OS. The van der Waals surface area contributed by atoms with Gasteiger partial charge in [0.05, 0.1) is 21.1 Å². The first-order valence-corrected chi connectivity index (χ1v) is 7.97. The number of thiazole rings is 1. The van der Waals surface area contributed by atoms with Crippen LogP contribution in [-0.2, 0) is 4.79 Å². The number of hydrogen-bond acceptors (Lipinski definition) is 4. The Morgan fingerprint density at radius 1 is 1.55 bits per heavy atom. The second-order valence-electron chi connectivity index (χ2n) is 5.40. The molecule has 5 heteroatoms. The van der Waals surface area contributed by atoms with E-state index in [1.54, 1.807) is 11.3 Å². The van der Waals surface area contributed by atoms with Gasteiger partial charge in [0.25, 0.3) is 0 Å². The second kappa shape index (κ2) is 5.50. The van der Waals surface area contributed by atoms with Gasteiger partial charge in [-0.3, -0.25) is 4.79 Å². The van der Waals surface area contributed by atoms with Crippen molar-refractivity contribution in [3.8, 4) is 0 Å². The summed E-state index contributed by atoms with van der Waals surface area (Å²) in [4.78, 5) is 16.9. The number of piperidine rings is 1. The molecule has 1 amide bonds. The number of carbonyl (C=O) groups is 1. The lowest BCUT2D eigenvalue weighted by atomic mass is 9.77. The molecule has 1 aromatic carbocycles. The van der Waals surface area contributed by atoms with Crippen LogP contribution in [0.3, 0.4) is 0 Å². The van der Waals surface area contributed by atoms with E-state index in [4.69, 9.17) is 0 Å². The maximum absolute atomic E-state index is 12.6. The molecule has 1 atom stereocenters. The van der Waals surface area contributed by atoms with Gasteiger partial charge in [0.15, 0.2) is 0 Å². The number of rotatable bonds is 3. The minimum atomic E-state index is -0.263. The van der Waals surface area contributed by atoms with Gasteiger partial charge < -0.3 is 10.6 Å². The Hall–Kier alpha value is -1.46. The lowest BCUT2D eigenvalue weighted by Gasteiger charge is -2.35. The summed E-state index contributed by atoms with van der Waals surface area (Å²) in [6.07, 6.45) is 2.90. The molecule has 4 nitrogen and oxygen atoms in total. The van der Waals surface area contributed by atoms with Crippen molar-refractivity contribution in [2.45, 2.75) is 26.2 Å². The van der Waals surface area contributed by atoms with Gasteiger partial charge in [-0.05, 0) is 44.0 Å². The van der Waals surface area contributed by atoms with Crippen molar-refractivity contribution in [1.82, 2.24) is 10.3 Å². The smallest absolute Gasteiger partial charge is 0.231 e. The van der Waals surface area contributed by atoms with Crippen LogP contribution in [0.1, 0.15) is 26.2 Å². The van der Waals surface area contributed by atoms with E-state index in [-0.39, 0.29) is 11.3 Å². The van der Waals surface area contributed by atoms with Crippen molar-refractivity contribution in [2.24, 2.45) is 5.41 Å². The Balaban J connectivity index is 1.80. The lowest BCUT2D eigenvalue weighted by Crippen LogP contribution is -2.47. The standard InChI is InChI=1S/C15H19N3OS/c1-2-15(6-3-7-16-9-15)14(19)18-11-4-5-12-13(8-11)20-10-17-12/h4-5,8,10,16H,2-3,6-7,9H2,1H3,(H,18,19). The molecule has 2 aromatic rings. The Labute approximate surface area is 122 Å². The number of carbonyl (C=O) groups excluding carboxylic acids is 1. The third kappa shape index (κ3) is 2.43. The highest BCUT2D eigenvalue weighted by atomic mass is 32.1. The fourth-order valence-corrected chi connectivity index (χ4v) is 3.54. The summed E-state index contributed by atoms with van der Waals surface area (Å²) >= 11 is 1.59. The van der Waals surface area contributed by atoms with Gasteiger partial charge in [-0.1, -0.05) is 6.92 Å². The molecule has 0 aliphatic carbocycles. The van der Waals surface area contributed by atoms with Crippen LogP contribution in [0.4, 0.5) is 5.69 Å². The first kappa shape index (κ1) is 13.5. The fraction of sp³-hybridized carbons (Fsp3) is 0.467. The molecular weight excluding hydrogens is 270 g/mol. The lowest BCUT2D eigenvalue weighted by molar-refractivity contribution is -0.126. The molecule has 0 saturated carbocycles. The molecule has 0 spiro atoms. The van der Waals surface area contributed by atoms with Crippen LogP contribution in [0.15, 0.2) is 23.7 Å². The molecule has 0 radical (unpaired) electrons. The highest BCUT2D eigenvalue weighted by Gasteiger charge is 2.37. The summed E-state index contributed by atoms with van der Waals surface area (Å²) in [6, 6.07) is 5.89. The monoisotopic (exact) mass is 289 g/mol. The van der Waals surface area contributed by atoms with Gasteiger partial charge in [0.2, 0.25) is 5.91 Å². The molecule has 1 aliphatic rings. The average molecular weight is 289 g/mol. The maximum atomic E-state index is 12.6. The van der Waals surface area contributed by atoms with E-state index in [1.165, 1.54) is 0 Å². The highest BCUT2D eigenvalue weighted by Crippen LogP contribution is 2.32. The summed E-state index contributed by atoms with van der Waals surface area (Å²) in [5.41, 5.74) is 3.41. The molecule has 2 heterocycles. The normalized spacial score (nSPS) is 22.9. The van der Waals surface area contributed by atoms with Crippen molar-refractivity contribution >= 4 is 33.1 Å². The van der Waals surface area contributed by atoms with Crippen LogP contribution in [0.2, 0.25) is 0 Å². The SMILES string of the molecule is CCC1(C(=O)Nc2ccc3ncsc3c2)CCCNC1. The number of nitrogens with zero attached hydrogens (tertiary/aromatic N) is 1. The van der Waals surface area contributed by atoms with E-state index in [1.807, 2.05) is 23.7 Å². The van der Waals surface area contributed by atoms with Gasteiger partial charge in [0.1, 0.15) is 0 Å². The molecule has 106 valence electrons. The molecule has 0 bridgehead atoms. The zero-order chi connectivity index (χ0) is 14.0. The molecule has 1 unspecified atom stereocenters. The van der Waals surface area contributed by atoms with Crippen molar-refractivity contribution in [3.63, 3.8) is 0 Å². The van der Waals surface area contributed by atoms with Gasteiger partial charge in [-0.25, -0.2) is 4.98 Å². The predicted octanol–water partition coefficient (Wildman–Crippen LogP) is 3.01. The number of nitrogens with one attached hydrogen (secondary N) is 2. The average Bonchev–Trinajstić information content (AvgIpc) is 2.95. The quantitative estimate of drug-likeness (QED) is 0.913. The third-order valence-corrected chi connectivity index (χ3v) is 5.01. The molecule has 3 rings (SSSR count). The van der Waals surface area contributed by atoms with Crippen LogP contribution in [-0.4, -0.2) is 24.0 Å². The van der Waals surface area contributed by atoms with Gasteiger partial charge in [-0.15, -0.1) is 11.3 Å². The molecule has 1 aliphatic heterocycles. The van der Waals surface area contributed by atoms with E-state index in [9.17, 15) is 4.79 Å². The Morgan fingerprint density at radius 3 is 3.20 bits per heavy atom. The van der Waals surface area contributed by atoms with E-state index in [0.717, 1.165) is 48.3 Å². The third-order valence-electron chi connectivity index (χ3n) is 4.22. The molecule has 2 N–H and O–H groups in total. The van der Waals surface area contributed by atoms with Crippen LogP contribution in [0.5, 0.6) is 0 Å². The number of aromatic nitrogens is 1. The molecule has 1 aromatic heterocycles. The van der Waals surface area contributed by atoms with Crippen LogP contribution < -0.4 is 10.6 Å².